The molecule has 7 N–H and O–H groups in total. The number of ketones is 3. The minimum Gasteiger partial charge on any atom is -0.481 e. The van der Waals surface area contributed by atoms with Crippen LogP contribution in [0.25, 0.3) is 0 Å². The Morgan fingerprint density at radius 3 is 1.21 bits per heavy atom. The van der Waals surface area contributed by atoms with E-state index < -0.39 is 96.4 Å². The van der Waals surface area contributed by atoms with Crippen LogP contribution in [-0.2, 0) is 47.9 Å². The molecule has 4 atom stereocenters. The standard InChI is InChI=1S/C37H58N2O15.C2H2S6/c1-24(40)14-15-25(34(47)48)22-27(41)18-20-30(37(53)54)39-32(44)21-16-26(35(49)50)23-28(42)17-19-29(36(51)52)38-31(43)12-10-8-6-4-2-3-5-7-9-11-13-33(45)46;1-3-5-2(6-4-1)7-8-2/h25-26,29-30H,2-23H2,1H3,(H,38,43)(H,39,44)(H,45,46)(H,47,48)(H,49,50)(H,51,52)(H,53,54);1H2/t25-,26-,29+,30+;/m1./s1. The van der Waals surface area contributed by atoms with Crippen molar-refractivity contribution < 1.29 is 73.5 Å². The molecule has 0 aromatic heterocycles. The van der Waals surface area contributed by atoms with Crippen LogP contribution in [0.15, 0.2) is 0 Å². The maximum absolute atomic E-state index is 12.6. The van der Waals surface area contributed by atoms with Gasteiger partial charge in [0, 0.05) is 51.4 Å². The van der Waals surface area contributed by atoms with Crippen LogP contribution in [0.5, 0.6) is 0 Å². The molecule has 0 radical (unpaired) electrons. The average molecular weight is 989 g/mol. The number of hydrogen-bond donors (Lipinski definition) is 7. The predicted molar refractivity (Wildman–Crippen MR) is 244 cm³/mol. The van der Waals surface area contributed by atoms with Gasteiger partial charge in [-0.05, 0) is 67.0 Å². The number of Topliss-reactive ketones (excluding diaryl/α,β-unsaturated/α-hetero) is 3. The van der Waals surface area contributed by atoms with Crippen LogP contribution in [-0.4, -0.2) is 104 Å². The van der Waals surface area contributed by atoms with Gasteiger partial charge in [-0.2, -0.15) is 0 Å². The van der Waals surface area contributed by atoms with E-state index in [1.807, 2.05) is 64.8 Å². The van der Waals surface area contributed by atoms with Gasteiger partial charge in [0.2, 0.25) is 11.8 Å². The van der Waals surface area contributed by atoms with E-state index in [1.165, 1.54) is 12.0 Å². The number of amides is 2. The SMILES string of the molecule is C1SSC2(SS1)SS2.CC(=O)CC[C@H](CC(=O)CC[C@H](NC(=O)CC[C@H](CC(=O)CC[C@H](NC(=O)CCCCCCCCCCCCC(=O)O)C(=O)O)C(=O)O)C(=O)O)C(=O)O. The summed E-state index contributed by atoms with van der Waals surface area (Å²) in [4.78, 5) is 118. The maximum atomic E-state index is 12.6. The Bertz CT molecular complexity index is 1510. The summed E-state index contributed by atoms with van der Waals surface area (Å²) in [5.41, 5.74) is 0. The molecule has 2 aliphatic rings. The number of carboxylic acid groups (broad SMARTS) is 5. The van der Waals surface area contributed by atoms with E-state index in [1.54, 1.807) is 0 Å². The Kier molecular flexibility index (Phi) is 30.5. The molecule has 0 aromatic carbocycles. The summed E-state index contributed by atoms with van der Waals surface area (Å²) >= 11 is 0. The molecule has 2 saturated heterocycles. The lowest BCUT2D eigenvalue weighted by Crippen LogP contribution is -2.41. The van der Waals surface area contributed by atoms with Crippen molar-refractivity contribution in [1.82, 2.24) is 10.6 Å². The third-order valence-electron chi connectivity index (χ3n) is 9.58. The van der Waals surface area contributed by atoms with Gasteiger partial charge in [0.1, 0.15) is 29.4 Å². The van der Waals surface area contributed by atoms with Crippen molar-refractivity contribution in [2.45, 2.75) is 163 Å². The summed E-state index contributed by atoms with van der Waals surface area (Å²) in [6.45, 7) is 1.28. The first kappa shape index (κ1) is 57.4. The van der Waals surface area contributed by atoms with Crippen molar-refractivity contribution in [1.29, 1.82) is 0 Å². The molecule has 2 heterocycles. The molecule has 2 fully saturated rings. The topological polar surface area (TPSA) is 296 Å². The second kappa shape index (κ2) is 33.0. The summed E-state index contributed by atoms with van der Waals surface area (Å²) in [5, 5.41) is 52.4. The quantitative estimate of drug-likeness (QED) is 0.0182. The third-order valence-corrected chi connectivity index (χ3v) is 22.5. The van der Waals surface area contributed by atoms with Gasteiger partial charge >= 0.3 is 29.8 Å². The second-order valence-electron chi connectivity index (χ2n) is 14.9. The average Bonchev–Trinajstić information content (AvgIpc) is 3.95. The van der Waals surface area contributed by atoms with Crippen molar-refractivity contribution >= 4 is 124 Å². The van der Waals surface area contributed by atoms with Gasteiger partial charge in [0.25, 0.3) is 0 Å². The van der Waals surface area contributed by atoms with E-state index in [-0.39, 0.29) is 63.6 Å². The number of carboxylic acids is 5. The Morgan fingerprint density at radius 2 is 0.855 bits per heavy atom. The van der Waals surface area contributed by atoms with Crippen LogP contribution in [0, 0.1) is 11.8 Å². The summed E-state index contributed by atoms with van der Waals surface area (Å²) in [6, 6.07) is -2.89. The molecule has 17 nitrogen and oxygen atoms in total. The van der Waals surface area contributed by atoms with E-state index in [9.17, 15) is 68.4 Å². The number of carbonyl (C=O) groups excluding carboxylic acids is 5. The Labute approximate surface area is 385 Å². The van der Waals surface area contributed by atoms with Crippen LogP contribution in [0.4, 0.5) is 0 Å². The molecule has 0 unspecified atom stereocenters. The van der Waals surface area contributed by atoms with E-state index in [0.29, 0.717) is 15.6 Å². The van der Waals surface area contributed by atoms with E-state index in [0.717, 1.165) is 51.4 Å². The number of carbonyl (C=O) groups is 10. The molecule has 0 bridgehead atoms. The van der Waals surface area contributed by atoms with E-state index in [4.69, 9.17) is 5.11 Å². The zero-order chi connectivity index (χ0) is 46.5. The van der Waals surface area contributed by atoms with Crippen LogP contribution in [0.1, 0.15) is 148 Å². The molecule has 62 heavy (non-hydrogen) atoms. The molecule has 352 valence electrons. The minimum atomic E-state index is -1.53. The van der Waals surface area contributed by atoms with Crippen LogP contribution < -0.4 is 10.6 Å². The third kappa shape index (κ3) is 29.0. The van der Waals surface area contributed by atoms with Crippen molar-refractivity contribution in [3.05, 3.63) is 0 Å². The molecular formula is C39H60N2O15S6. The molecule has 23 heteroatoms. The van der Waals surface area contributed by atoms with Crippen LogP contribution in [0.2, 0.25) is 0 Å². The summed E-state index contributed by atoms with van der Waals surface area (Å²) in [6.07, 6.45) is 6.08. The number of aliphatic carboxylic acids is 5. The van der Waals surface area contributed by atoms with E-state index >= 15 is 0 Å². The first-order valence-corrected chi connectivity index (χ1v) is 27.4. The van der Waals surface area contributed by atoms with Gasteiger partial charge in [0.05, 0.1) is 16.9 Å². The van der Waals surface area contributed by atoms with Crippen molar-refractivity contribution in [3.63, 3.8) is 0 Å². The van der Waals surface area contributed by atoms with Gasteiger partial charge in [-0.15, -0.1) is 0 Å². The highest BCUT2D eigenvalue weighted by molar-refractivity contribution is 9.14. The van der Waals surface area contributed by atoms with Crippen LogP contribution in [0.3, 0.4) is 0 Å². The van der Waals surface area contributed by atoms with Gasteiger partial charge < -0.3 is 41.0 Å². The highest BCUT2D eigenvalue weighted by Crippen LogP contribution is 2.83. The van der Waals surface area contributed by atoms with Gasteiger partial charge in [-0.1, -0.05) is 94.5 Å². The molecule has 2 rings (SSSR count). The molecule has 2 amide bonds. The molecule has 0 saturated carbocycles. The number of nitrogens with one attached hydrogen (secondary N) is 2. The molecule has 2 aliphatic heterocycles. The van der Waals surface area contributed by atoms with Crippen molar-refractivity contribution in [2.24, 2.45) is 11.8 Å². The Balaban J connectivity index is 0.00000211. The van der Waals surface area contributed by atoms with Crippen molar-refractivity contribution in [3.8, 4) is 0 Å². The normalized spacial score (nSPS) is 15.7. The van der Waals surface area contributed by atoms with Crippen molar-refractivity contribution in [2.75, 3.05) is 5.08 Å². The smallest absolute Gasteiger partial charge is 0.326 e. The summed E-state index contributed by atoms with van der Waals surface area (Å²) < 4.78 is 0.521. The Hall–Kier alpha value is -2.60. The lowest BCUT2D eigenvalue weighted by atomic mass is 9.93. The fourth-order valence-corrected chi connectivity index (χ4v) is 19.0. The van der Waals surface area contributed by atoms with E-state index in [2.05, 4.69) is 10.6 Å². The number of unbranched alkanes of at least 4 members (excludes halogenated alkanes) is 9. The molecule has 0 aliphatic carbocycles. The lowest BCUT2D eigenvalue weighted by molar-refractivity contribution is -0.145. The monoisotopic (exact) mass is 988 g/mol. The Morgan fingerprint density at radius 1 is 0.468 bits per heavy atom. The molecular weight excluding hydrogens is 929 g/mol. The maximum Gasteiger partial charge on any atom is 0.326 e. The lowest BCUT2D eigenvalue weighted by Gasteiger charge is -2.17. The highest BCUT2D eigenvalue weighted by Gasteiger charge is 2.50. The number of rotatable bonds is 35. The van der Waals surface area contributed by atoms with Gasteiger partial charge in [0.15, 0.2) is 2.74 Å². The second-order valence-corrected chi connectivity index (χ2v) is 24.4. The van der Waals surface area contributed by atoms with Crippen LogP contribution >= 0.6 is 64.8 Å². The predicted octanol–water partition coefficient (Wildman–Crippen LogP) is 7.65. The number of hydrogen-bond acceptors (Lipinski definition) is 16. The first-order valence-electron chi connectivity index (χ1n) is 20.6. The summed E-state index contributed by atoms with van der Waals surface area (Å²) in [7, 11) is 12.0. The largest absolute Gasteiger partial charge is 0.481 e. The zero-order valence-electron chi connectivity index (χ0n) is 34.8. The molecule has 0 aromatic rings. The minimum absolute atomic E-state index is 0.0345. The first-order chi connectivity index (χ1) is 29.3. The fourth-order valence-electron chi connectivity index (χ4n) is 6.01. The van der Waals surface area contributed by atoms with Gasteiger partial charge in [-0.3, -0.25) is 33.6 Å². The highest BCUT2D eigenvalue weighted by atomic mass is 33.2. The summed E-state index contributed by atoms with van der Waals surface area (Å²) in [5.74, 6) is -11.5. The zero-order valence-corrected chi connectivity index (χ0v) is 39.7. The molecule has 1 spiro atoms. The van der Waals surface area contributed by atoms with Gasteiger partial charge in [-0.25, -0.2) is 9.59 Å². The fraction of sp³-hybridized carbons (Fsp3) is 0.744.